The van der Waals surface area contributed by atoms with Gasteiger partial charge in [0.25, 0.3) is 0 Å². The van der Waals surface area contributed by atoms with Crippen LogP contribution in [0.4, 0.5) is 13.2 Å². The van der Waals surface area contributed by atoms with Gasteiger partial charge in [-0.05, 0) is 24.7 Å². The standard InChI is InChI=1S/C13H17F3O/c1-10(2)8-12(4-6-13(14,15)16)9-11(3)5-7-17/h5,10-12H,8-9H2,1-3H3. The predicted octanol–water partition coefficient (Wildman–Crippen LogP) is 3.63. The van der Waals surface area contributed by atoms with E-state index in [-0.39, 0.29) is 17.8 Å². The van der Waals surface area contributed by atoms with Crippen molar-refractivity contribution in [2.75, 3.05) is 0 Å². The zero-order valence-corrected chi connectivity index (χ0v) is 10.3. The summed E-state index contributed by atoms with van der Waals surface area (Å²) in [5.74, 6) is 5.06. The molecule has 2 unspecified atom stereocenters. The molecule has 0 bridgehead atoms. The lowest BCUT2D eigenvalue weighted by Crippen LogP contribution is -2.09. The summed E-state index contributed by atoms with van der Waals surface area (Å²) in [5, 5.41) is 0. The maximum Gasteiger partial charge on any atom is 0.457 e. The highest BCUT2D eigenvalue weighted by molar-refractivity contribution is 5.45. The average Bonchev–Trinajstić information content (AvgIpc) is 2.12. The second-order valence-electron chi connectivity index (χ2n) is 4.59. The van der Waals surface area contributed by atoms with Gasteiger partial charge in [-0.3, -0.25) is 0 Å². The van der Waals surface area contributed by atoms with Crippen LogP contribution in [0.15, 0.2) is 6.08 Å². The monoisotopic (exact) mass is 246 g/mol. The van der Waals surface area contributed by atoms with Gasteiger partial charge in [0.05, 0.1) is 0 Å². The molecule has 0 heterocycles. The van der Waals surface area contributed by atoms with Gasteiger partial charge < -0.3 is 0 Å². The summed E-state index contributed by atoms with van der Waals surface area (Å²) in [5.41, 5.74) is 0. The maximum absolute atomic E-state index is 12.0. The van der Waals surface area contributed by atoms with Gasteiger partial charge in [-0.15, -0.1) is 0 Å². The molecule has 0 aliphatic rings. The van der Waals surface area contributed by atoms with E-state index in [9.17, 15) is 18.0 Å². The van der Waals surface area contributed by atoms with Gasteiger partial charge in [0.15, 0.2) is 0 Å². The molecule has 17 heavy (non-hydrogen) atoms. The van der Waals surface area contributed by atoms with Crippen molar-refractivity contribution in [3.05, 3.63) is 6.08 Å². The summed E-state index contributed by atoms with van der Waals surface area (Å²) in [6.07, 6.45) is -2.07. The van der Waals surface area contributed by atoms with Crippen molar-refractivity contribution in [3.63, 3.8) is 0 Å². The highest BCUT2D eigenvalue weighted by atomic mass is 19.4. The Bertz CT molecular complexity index is 327. The molecular formula is C13H17F3O. The molecule has 2 atom stereocenters. The summed E-state index contributed by atoms with van der Waals surface area (Å²) in [6, 6.07) is 0. The van der Waals surface area contributed by atoms with Gasteiger partial charge in [0, 0.05) is 17.9 Å². The summed E-state index contributed by atoms with van der Waals surface area (Å²) < 4.78 is 36.0. The fourth-order valence-electron chi connectivity index (χ4n) is 1.60. The van der Waals surface area contributed by atoms with Gasteiger partial charge in [0.1, 0.15) is 5.94 Å². The van der Waals surface area contributed by atoms with Crippen molar-refractivity contribution in [1.29, 1.82) is 0 Å². The lowest BCUT2D eigenvalue weighted by atomic mass is 9.89. The Morgan fingerprint density at radius 1 is 1.18 bits per heavy atom. The van der Waals surface area contributed by atoms with Crippen LogP contribution in [0.5, 0.6) is 0 Å². The first kappa shape index (κ1) is 15.8. The summed E-state index contributed by atoms with van der Waals surface area (Å²) >= 11 is 0. The highest BCUT2D eigenvalue weighted by Crippen LogP contribution is 2.21. The third-order valence-electron chi connectivity index (χ3n) is 2.18. The fourth-order valence-corrected chi connectivity index (χ4v) is 1.60. The Hall–Kier alpha value is -1.20. The quantitative estimate of drug-likeness (QED) is 0.534. The molecule has 0 radical (unpaired) electrons. The zero-order chi connectivity index (χ0) is 13.5. The number of carbonyl (C=O) groups excluding carboxylic acids is 1. The third-order valence-corrected chi connectivity index (χ3v) is 2.18. The molecule has 0 saturated heterocycles. The summed E-state index contributed by atoms with van der Waals surface area (Å²) in [7, 11) is 0. The van der Waals surface area contributed by atoms with E-state index in [2.05, 4.69) is 5.92 Å². The maximum atomic E-state index is 12.0. The Labute approximate surface area is 100 Å². The molecule has 0 aromatic heterocycles. The lowest BCUT2D eigenvalue weighted by molar-refractivity contribution is -0.0698. The second-order valence-corrected chi connectivity index (χ2v) is 4.59. The highest BCUT2D eigenvalue weighted by Gasteiger charge is 2.23. The minimum absolute atomic E-state index is 0.0983. The number of hydrogen-bond acceptors (Lipinski definition) is 1. The first-order valence-corrected chi connectivity index (χ1v) is 5.55. The van der Waals surface area contributed by atoms with Crippen molar-refractivity contribution >= 4 is 5.94 Å². The van der Waals surface area contributed by atoms with Crippen LogP contribution >= 0.6 is 0 Å². The van der Waals surface area contributed by atoms with E-state index < -0.39 is 6.18 Å². The zero-order valence-electron chi connectivity index (χ0n) is 10.3. The molecule has 96 valence electrons. The molecule has 4 heteroatoms. The minimum Gasteiger partial charge on any atom is -0.234 e. The smallest absolute Gasteiger partial charge is 0.234 e. The molecule has 0 spiro atoms. The van der Waals surface area contributed by atoms with E-state index >= 15 is 0 Å². The van der Waals surface area contributed by atoms with Gasteiger partial charge in [0.2, 0.25) is 0 Å². The number of hydrogen-bond donors (Lipinski definition) is 0. The van der Waals surface area contributed by atoms with Crippen LogP contribution in [0.1, 0.15) is 33.6 Å². The normalized spacial score (nSPS) is 14.5. The van der Waals surface area contributed by atoms with Crippen LogP contribution in [-0.4, -0.2) is 12.1 Å². The van der Waals surface area contributed by atoms with Crippen molar-refractivity contribution in [1.82, 2.24) is 0 Å². The van der Waals surface area contributed by atoms with Crippen molar-refractivity contribution in [2.45, 2.75) is 39.8 Å². The molecular weight excluding hydrogens is 229 g/mol. The molecule has 1 nitrogen and oxygen atoms in total. The molecule has 0 N–H and O–H groups in total. The molecule has 0 saturated carbocycles. The second kappa shape index (κ2) is 7.19. The van der Waals surface area contributed by atoms with Crippen molar-refractivity contribution in [3.8, 4) is 11.8 Å². The molecule has 0 amide bonds. The van der Waals surface area contributed by atoms with Crippen LogP contribution in [0.2, 0.25) is 0 Å². The Morgan fingerprint density at radius 3 is 2.18 bits per heavy atom. The predicted molar refractivity (Wildman–Crippen MR) is 60.8 cm³/mol. The van der Waals surface area contributed by atoms with Gasteiger partial charge in [-0.2, -0.15) is 13.2 Å². The Kier molecular flexibility index (Phi) is 6.68. The largest absolute Gasteiger partial charge is 0.457 e. The Balaban J connectivity index is 4.63. The van der Waals surface area contributed by atoms with Crippen LogP contribution in [0.25, 0.3) is 0 Å². The Morgan fingerprint density at radius 2 is 1.76 bits per heavy atom. The van der Waals surface area contributed by atoms with E-state index in [1.165, 1.54) is 12.0 Å². The molecule has 0 fully saturated rings. The number of allylic oxidation sites excluding steroid dienone is 1. The lowest BCUT2D eigenvalue weighted by Gasteiger charge is -2.15. The third kappa shape index (κ3) is 9.71. The first-order valence-electron chi connectivity index (χ1n) is 5.55. The van der Waals surface area contributed by atoms with Gasteiger partial charge in [-0.1, -0.05) is 26.7 Å². The van der Waals surface area contributed by atoms with E-state index in [0.29, 0.717) is 12.8 Å². The SMILES string of the molecule is CC(C)CC(C#CC(F)(F)F)CC(C)C=C=O. The topological polar surface area (TPSA) is 17.1 Å². The minimum atomic E-state index is -4.45. The number of halogens is 3. The molecule has 0 aromatic carbocycles. The van der Waals surface area contributed by atoms with E-state index in [1.54, 1.807) is 12.9 Å². The van der Waals surface area contributed by atoms with Crippen molar-refractivity contribution in [2.24, 2.45) is 17.8 Å². The first-order chi connectivity index (χ1) is 7.74. The van der Waals surface area contributed by atoms with Crippen LogP contribution < -0.4 is 0 Å². The number of alkyl halides is 3. The summed E-state index contributed by atoms with van der Waals surface area (Å²) in [4.78, 5) is 10.1. The van der Waals surface area contributed by atoms with E-state index in [4.69, 9.17) is 0 Å². The van der Waals surface area contributed by atoms with Crippen LogP contribution in [0.3, 0.4) is 0 Å². The fraction of sp³-hybridized carbons (Fsp3) is 0.692. The van der Waals surface area contributed by atoms with Crippen LogP contribution in [-0.2, 0) is 4.79 Å². The van der Waals surface area contributed by atoms with Gasteiger partial charge in [-0.25, -0.2) is 4.79 Å². The number of rotatable bonds is 5. The molecule has 0 aliphatic carbocycles. The molecule has 0 aliphatic heterocycles. The molecule has 0 rings (SSSR count). The van der Waals surface area contributed by atoms with E-state index in [0.717, 1.165) is 0 Å². The molecule has 0 aromatic rings. The van der Waals surface area contributed by atoms with Crippen LogP contribution in [0, 0.1) is 29.6 Å². The van der Waals surface area contributed by atoms with Gasteiger partial charge >= 0.3 is 6.18 Å². The van der Waals surface area contributed by atoms with E-state index in [1.807, 2.05) is 13.8 Å². The summed E-state index contributed by atoms with van der Waals surface area (Å²) in [6.45, 7) is 5.64. The van der Waals surface area contributed by atoms with Crippen molar-refractivity contribution < 1.29 is 18.0 Å². The average molecular weight is 246 g/mol.